The SMILES string of the molecule is CCCOc1ccc(C(=O)NNC(=O)c2ccc(Cn3cncn3)cc2)cc1OC. The number of amides is 2. The number of benzene rings is 2. The second-order valence-corrected chi connectivity index (χ2v) is 6.41. The van der Waals surface area contributed by atoms with Gasteiger partial charge in [0.15, 0.2) is 11.5 Å². The molecule has 0 aliphatic carbocycles. The standard InChI is InChI=1S/C21H23N5O4/c1-3-10-30-18-9-8-17(11-19(18)29-2)21(28)25-24-20(27)16-6-4-15(5-7-16)12-26-14-22-13-23-26/h4-9,11,13-14H,3,10,12H2,1-2H3,(H,24,27)(H,25,28). The molecule has 0 aliphatic rings. The van der Waals surface area contributed by atoms with Crippen molar-refractivity contribution in [3.63, 3.8) is 0 Å². The highest BCUT2D eigenvalue weighted by Gasteiger charge is 2.13. The molecule has 0 unspecified atom stereocenters. The third-order valence-electron chi connectivity index (χ3n) is 4.20. The first-order valence-corrected chi connectivity index (χ1v) is 9.43. The number of methoxy groups -OCH3 is 1. The summed E-state index contributed by atoms with van der Waals surface area (Å²) in [6, 6.07) is 11.8. The maximum atomic E-state index is 12.4. The van der Waals surface area contributed by atoms with Gasteiger partial charge in [0.1, 0.15) is 12.7 Å². The zero-order valence-electron chi connectivity index (χ0n) is 16.8. The van der Waals surface area contributed by atoms with Crippen LogP contribution in [0.1, 0.15) is 39.6 Å². The molecule has 0 saturated heterocycles. The van der Waals surface area contributed by atoms with Gasteiger partial charge in [-0.25, -0.2) is 9.67 Å². The van der Waals surface area contributed by atoms with Crippen LogP contribution in [0.2, 0.25) is 0 Å². The van der Waals surface area contributed by atoms with Gasteiger partial charge >= 0.3 is 0 Å². The van der Waals surface area contributed by atoms with Crippen molar-refractivity contribution in [3.8, 4) is 11.5 Å². The van der Waals surface area contributed by atoms with E-state index in [1.807, 2.05) is 19.1 Å². The summed E-state index contributed by atoms with van der Waals surface area (Å²) >= 11 is 0. The first kappa shape index (κ1) is 20.8. The van der Waals surface area contributed by atoms with Gasteiger partial charge in [-0.3, -0.25) is 20.4 Å². The maximum Gasteiger partial charge on any atom is 0.269 e. The molecule has 3 aromatic rings. The molecule has 9 heteroatoms. The Morgan fingerprint density at radius 2 is 1.70 bits per heavy atom. The van der Waals surface area contributed by atoms with Crippen molar-refractivity contribution in [2.24, 2.45) is 0 Å². The molecule has 2 amide bonds. The van der Waals surface area contributed by atoms with Crippen LogP contribution in [-0.4, -0.2) is 40.3 Å². The average molecular weight is 409 g/mol. The number of rotatable bonds is 8. The predicted octanol–water partition coefficient (Wildman–Crippen LogP) is 2.20. The molecule has 0 bridgehead atoms. The Morgan fingerprint density at radius 3 is 2.33 bits per heavy atom. The minimum atomic E-state index is -0.466. The van der Waals surface area contributed by atoms with Crippen molar-refractivity contribution in [2.45, 2.75) is 19.9 Å². The summed E-state index contributed by atoms with van der Waals surface area (Å²) in [6.07, 6.45) is 3.94. The third kappa shape index (κ3) is 5.34. The van der Waals surface area contributed by atoms with Crippen LogP contribution < -0.4 is 20.3 Å². The van der Waals surface area contributed by atoms with Gasteiger partial charge in [0, 0.05) is 11.1 Å². The molecule has 3 rings (SSSR count). The van der Waals surface area contributed by atoms with E-state index in [4.69, 9.17) is 9.47 Å². The molecule has 1 heterocycles. The van der Waals surface area contributed by atoms with Crippen LogP contribution in [0.25, 0.3) is 0 Å². The zero-order chi connectivity index (χ0) is 21.3. The van der Waals surface area contributed by atoms with E-state index in [2.05, 4.69) is 20.9 Å². The van der Waals surface area contributed by atoms with E-state index in [1.54, 1.807) is 41.3 Å². The molecule has 0 aliphatic heterocycles. The highest BCUT2D eigenvalue weighted by atomic mass is 16.5. The topological polar surface area (TPSA) is 107 Å². The fraction of sp³-hybridized carbons (Fsp3) is 0.238. The smallest absolute Gasteiger partial charge is 0.269 e. The molecule has 2 aromatic carbocycles. The number of hydrazine groups is 1. The van der Waals surface area contributed by atoms with Crippen LogP contribution in [0.15, 0.2) is 55.1 Å². The van der Waals surface area contributed by atoms with Gasteiger partial charge in [-0.15, -0.1) is 0 Å². The summed E-state index contributed by atoms with van der Waals surface area (Å²) in [5.41, 5.74) is 6.53. The summed E-state index contributed by atoms with van der Waals surface area (Å²) in [5, 5.41) is 4.04. The van der Waals surface area contributed by atoms with Gasteiger partial charge in [0.2, 0.25) is 0 Å². The Kier molecular flexibility index (Phi) is 6.99. The molecule has 0 atom stereocenters. The molecule has 0 fully saturated rings. The molecule has 9 nitrogen and oxygen atoms in total. The molecular formula is C21H23N5O4. The van der Waals surface area contributed by atoms with Crippen molar-refractivity contribution >= 4 is 11.8 Å². The number of carbonyl (C=O) groups excluding carboxylic acids is 2. The van der Waals surface area contributed by atoms with E-state index in [-0.39, 0.29) is 0 Å². The Labute approximate surface area is 174 Å². The van der Waals surface area contributed by atoms with E-state index in [9.17, 15) is 9.59 Å². The Hall–Kier alpha value is -3.88. The van der Waals surface area contributed by atoms with E-state index in [0.29, 0.717) is 35.8 Å². The lowest BCUT2D eigenvalue weighted by molar-refractivity contribution is 0.0846. The van der Waals surface area contributed by atoms with Crippen LogP contribution in [-0.2, 0) is 6.54 Å². The second kappa shape index (κ2) is 10.1. The summed E-state index contributed by atoms with van der Waals surface area (Å²) in [7, 11) is 1.50. The van der Waals surface area contributed by atoms with Crippen LogP contribution in [0, 0.1) is 0 Å². The molecule has 156 valence electrons. The normalized spacial score (nSPS) is 10.3. The fourth-order valence-corrected chi connectivity index (χ4v) is 2.66. The van der Waals surface area contributed by atoms with E-state index < -0.39 is 11.8 Å². The van der Waals surface area contributed by atoms with Crippen LogP contribution in [0.4, 0.5) is 0 Å². The largest absolute Gasteiger partial charge is 0.493 e. The number of hydrogen-bond donors (Lipinski definition) is 2. The number of aromatic nitrogens is 3. The quantitative estimate of drug-likeness (QED) is 0.553. The lowest BCUT2D eigenvalue weighted by Gasteiger charge is -2.12. The first-order valence-electron chi connectivity index (χ1n) is 9.43. The van der Waals surface area contributed by atoms with Gasteiger partial charge in [0.25, 0.3) is 11.8 Å². The lowest BCUT2D eigenvalue weighted by atomic mass is 10.1. The minimum absolute atomic E-state index is 0.333. The lowest BCUT2D eigenvalue weighted by Crippen LogP contribution is -2.41. The highest BCUT2D eigenvalue weighted by Crippen LogP contribution is 2.28. The predicted molar refractivity (Wildman–Crippen MR) is 109 cm³/mol. The summed E-state index contributed by atoms with van der Waals surface area (Å²) in [4.78, 5) is 28.6. The Bertz CT molecular complexity index is 987. The monoisotopic (exact) mass is 409 g/mol. The summed E-state index contributed by atoms with van der Waals surface area (Å²) in [5.74, 6) is 0.119. The third-order valence-corrected chi connectivity index (χ3v) is 4.20. The van der Waals surface area contributed by atoms with Crippen LogP contribution in [0.5, 0.6) is 11.5 Å². The van der Waals surface area contributed by atoms with Gasteiger partial charge in [-0.1, -0.05) is 19.1 Å². The molecule has 2 N–H and O–H groups in total. The molecule has 0 radical (unpaired) electrons. The summed E-state index contributed by atoms with van der Waals surface area (Å²) in [6.45, 7) is 3.11. The van der Waals surface area contributed by atoms with E-state index >= 15 is 0 Å². The van der Waals surface area contributed by atoms with Gasteiger partial charge < -0.3 is 9.47 Å². The first-order chi connectivity index (χ1) is 14.6. The van der Waals surface area contributed by atoms with Crippen molar-refractivity contribution in [1.29, 1.82) is 0 Å². The van der Waals surface area contributed by atoms with E-state index in [0.717, 1.165) is 12.0 Å². The van der Waals surface area contributed by atoms with Crippen LogP contribution in [0.3, 0.4) is 0 Å². The van der Waals surface area contributed by atoms with Crippen molar-refractivity contribution in [2.75, 3.05) is 13.7 Å². The zero-order valence-corrected chi connectivity index (χ0v) is 16.8. The van der Waals surface area contributed by atoms with Gasteiger partial charge in [-0.2, -0.15) is 5.10 Å². The number of carbonyl (C=O) groups is 2. The van der Waals surface area contributed by atoms with Gasteiger partial charge in [-0.05, 0) is 42.3 Å². The number of nitrogens with zero attached hydrogens (tertiary/aromatic N) is 3. The average Bonchev–Trinajstić information content (AvgIpc) is 3.29. The van der Waals surface area contributed by atoms with Crippen LogP contribution >= 0.6 is 0 Å². The van der Waals surface area contributed by atoms with Crippen molar-refractivity contribution in [3.05, 3.63) is 71.8 Å². The van der Waals surface area contributed by atoms with Crippen molar-refractivity contribution in [1.82, 2.24) is 25.6 Å². The Balaban J connectivity index is 1.56. The minimum Gasteiger partial charge on any atom is -0.493 e. The molecule has 30 heavy (non-hydrogen) atoms. The van der Waals surface area contributed by atoms with Crippen molar-refractivity contribution < 1.29 is 19.1 Å². The highest BCUT2D eigenvalue weighted by molar-refractivity contribution is 5.99. The summed E-state index contributed by atoms with van der Waals surface area (Å²) < 4.78 is 12.5. The Morgan fingerprint density at radius 1 is 1.00 bits per heavy atom. The molecular weight excluding hydrogens is 386 g/mol. The second-order valence-electron chi connectivity index (χ2n) is 6.41. The molecule has 0 saturated carbocycles. The molecule has 1 aromatic heterocycles. The number of hydrogen-bond acceptors (Lipinski definition) is 6. The van der Waals surface area contributed by atoms with Gasteiger partial charge in [0.05, 0.1) is 20.3 Å². The number of ether oxygens (including phenoxy) is 2. The van der Waals surface area contributed by atoms with E-state index in [1.165, 1.54) is 13.4 Å². The molecule has 0 spiro atoms. The number of nitrogens with one attached hydrogen (secondary N) is 2. The fourth-order valence-electron chi connectivity index (χ4n) is 2.66. The maximum absolute atomic E-state index is 12.4.